The van der Waals surface area contributed by atoms with Crippen molar-refractivity contribution in [3.63, 3.8) is 0 Å². The van der Waals surface area contributed by atoms with Gasteiger partial charge in [-0.05, 0) is 39.3 Å². The number of aromatic nitrogens is 5. The molecule has 6 nitrogen and oxygen atoms in total. The van der Waals surface area contributed by atoms with Crippen molar-refractivity contribution in [3.05, 3.63) is 47.7 Å². The van der Waals surface area contributed by atoms with Crippen LogP contribution < -0.4 is 5.73 Å². The maximum Gasteiger partial charge on any atom is 0.220 e. The van der Waals surface area contributed by atoms with Gasteiger partial charge >= 0.3 is 0 Å². The first-order valence-electron chi connectivity index (χ1n) is 7.52. The lowest BCUT2D eigenvalue weighted by molar-refractivity contribution is 0.600. The van der Waals surface area contributed by atoms with Gasteiger partial charge in [0.1, 0.15) is 5.82 Å². The number of aryl methyl sites for hydroxylation is 2. The summed E-state index contributed by atoms with van der Waals surface area (Å²) in [6.07, 6.45) is 3.49. The molecule has 2 N–H and O–H groups in total. The van der Waals surface area contributed by atoms with Crippen LogP contribution in [-0.2, 0) is 0 Å². The zero-order valence-corrected chi connectivity index (χ0v) is 13.8. The predicted octanol–water partition coefficient (Wildman–Crippen LogP) is 3.06. The Morgan fingerprint density at radius 3 is 2.57 bits per heavy atom. The molecule has 0 atom stereocenters. The third-order valence-electron chi connectivity index (χ3n) is 3.91. The summed E-state index contributed by atoms with van der Waals surface area (Å²) < 4.78 is 2.17. The lowest BCUT2D eigenvalue weighted by Gasteiger charge is -2.12. The van der Waals surface area contributed by atoms with Crippen molar-refractivity contribution in [1.82, 2.24) is 24.5 Å². The van der Waals surface area contributed by atoms with Crippen molar-refractivity contribution in [2.45, 2.75) is 33.7 Å². The van der Waals surface area contributed by atoms with E-state index in [4.69, 9.17) is 5.73 Å². The Hall–Kier alpha value is -2.76. The second-order valence-electron chi connectivity index (χ2n) is 5.90. The van der Waals surface area contributed by atoms with Crippen LogP contribution in [0.1, 0.15) is 42.5 Å². The van der Waals surface area contributed by atoms with Crippen molar-refractivity contribution >= 4 is 22.7 Å². The zero-order valence-electron chi connectivity index (χ0n) is 13.8. The largest absolute Gasteiger partial charge is 0.368 e. The van der Waals surface area contributed by atoms with Crippen LogP contribution in [0.4, 0.5) is 5.95 Å². The molecular weight excluding hydrogens is 288 g/mol. The molecule has 6 heteroatoms. The topological polar surface area (TPSA) is 82.5 Å². The number of pyridine rings is 1. The molecule has 0 aliphatic carbocycles. The Morgan fingerprint density at radius 1 is 1.17 bits per heavy atom. The van der Waals surface area contributed by atoms with Crippen molar-refractivity contribution in [1.29, 1.82) is 0 Å². The number of anilines is 1. The fraction of sp³-hybridized carbons (Fsp3) is 0.294. The Balaban J connectivity index is 2.13. The van der Waals surface area contributed by atoms with E-state index in [1.165, 1.54) is 0 Å². The summed E-state index contributed by atoms with van der Waals surface area (Å²) in [4.78, 5) is 17.3. The van der Waals surface area contributed by atoms with E-state index >= 15 is 0 Å². The number of imidazole rings is 1. The minimum Gasteiger partial charge on any atom is -0.368 e. The molecule has 0 aliphatic rings. The maximum absolute atomic E-state index is 5.62. The lowest BCUT2D eigenvalue weighted by atomic mass is 10.0. The number of nitrogens with zero attached hydrogens (tertiary/aromatic N) is 5. The molecule has 0 saturated carbocycles. The summed E-state index contributed by atoms with van der Waals surface area (Å²) in [6.45, 7) is 12.3. The quantitative estimate of drug-likeness (QED) is 0.804. The molecule has 118 valence electrons. The molecule has 0 spiro atoms. The smallest absolute Gasteiger partial charge is 0.220 e. The lowest BCUT2D eigenvalue weighted by Crippen LogP contribution is -2.03. The van der Waals surface area contributed by atoms with E-state index in [-0.39, 0.29) is 5.95 Å². The number of fused-ring (bicyclic) bond motifs is 1. The first kappa shape index (κ1) is 15.1. The highest BCUT2D eigenvalue weighted by Crippen LogP contribution is 2.27. The van der Waals surface area contributed by atoms with E-state index in [1.807, 2.05) is 13.8 Å². The summed E-state index contributed by atoms with van der Waals surface area (Å²) in [5.74, 6) is 1.22. The van der Waals surface area contributed by atoms with Crippen molar-refractivity contribution < 1.29 is 0 Å². The summed E-state index contributed by atoms with van der Waals surface area (Å²) in [6, 6.07) is 2.38. The van der Waals surface area contributed by atoms with Crippen LogP contribution in [0.25, 0.3) is 16.7 Å². The van der Waals surface area contributed by atoms with Crippen LogP contribution in [-0.4, -0.2) is 24.5 Å². The molecule has 3 rings (SSSR count). The standard InChI is InChI=1S/C17H20N6/c1-9(2)23-12(5)22-16-15(23)6-13(7-19-16)10(3)14-8-20-17(18)21-11(14)4/h6-9H,3H2,1-2,4-5H3,(H2,18,20,21). The SMILES string of the molecule is C=C(c1cnc2nc(C)n(C(C)C)c2c1)c1cnc(N)nc1C. The van der Waals surface area contributed by atoms with Gasteiger partial charge < -0.3 is 10.3 Å². The van der Waals surface area contributed by atoms with Crippen molar-refractivity contribution in [2.24, 2.45) is 0 Å². The first-order valence-corrected chi connectivity index (χ1v) is 7.52. The Morgan fingerprint density at radius 2 is 1.91 bits per heavy atom. The van der Waals surface area contributed by atoms with E-state index in [0.717, 1.165) is 39.4 Å². The molecule has 0 fully saturated rings. The first-order chi connectivity index (χ1) is 10.9. The third kappa shape index (κ3) is 2.56. The van der Waals surface area contributed by atoms with Crippen LogP contribution in [0.3, 0.4) is 0 Å². The third-order valence-corrected chi connectivity index (χ3v) is 3.91. The molecule has 3 aromatic rings. The highest BCUT2D eigenvalue weighted by atomic mass is 15.1. The average molecular weight is 308 g/mol. The molecular formula is C17H20N6. The van der Waals surface area contributed by atoms with Crippen LogP contribution in [0.15, 0.2) is 25.0 Å². The van der Waals surface area contributed by atoms with Gasteiger partial charge in [-0.3, -0.25) is 0 Å². The molecule has 0 aromatic carbocycles. The van der Waals surface area contributed by atoms with Gasteiger partial charge in [0, 0.05) is 29.6 Å². The molecule has 3 aromatic heterocycles. The van der Waals surface area contributed by atoms with E-state index in [2.05, 4.69) is 51.0 Å². The molecule has 0 amide bonds. The number of nitrogens with two attached hydrogens (primary N) is 1. The van der Waals surface area contributed by atoms with Gasteiger partial charge in [-0.1, -0.05) is 6.58 Å². The minimum atomic E-state index is 0.265. The number of nitrogen functional groups attached to an aromatic ring is 1. The van der Waals surface area contributed by atoms with Crippen LogP contribution in [0, 0.1) is 13.8 Å². The van der Waals surface area contributed by atoms with E-state index in [1.54, 1.807) is 12.4 Å². The molecule has 3 heterocycles. The Kier molecular flexibility index (Phi) is 3.60. The number of hydrogen-bond acceptors (Lipinski definition) is 5. The van der Waals surface area contributed by atoms with Crippen molar-refractivity contribution in [3.8, 4) is 0 Å². The fourth-order valence-corrected chi connectivity index (χ4v) is 2.84. The number of hydrogen-bond donors (Lipinski definition) is 1. The van der Waals surface area contributed by atoms with Crippen LogP contribution in [0.2, 0.25) is 0 Å². The minimum absolute atomic E-state index is 0.265. The predicted molar refractivity (Wildman–Crippen MR) is 92.0 cm³/mol. The second-order valence-corrected chi connectivity index (χ2v) is 5.90. The van der Waals surface area contributed by atoms with Crippen molar-refractivity contribution in [2.75, 3.05) is 5.73 Å². The summed E-state index contributed by atoms with van der Waals surface area (Å²) >= 11 is 0. The van der Waals surface area contributed by atoms with Crippen LogP contribution >= 0.6 is 0 Å². The summed E-state index contributed by atoms with van der Waals surface area (Å²) in [5, 5.41) is 0. The Labute approximate surface area is 135 Å². The number of rotatable bonds is 3. The molecule has 0 radical (unpaired) electrons. The molecule has 0 unspecified atom stereocenters. The average Bonchev–Trinajstić information content (AvgIpc) is 2.81. The van der Waals surface area contributed by atoms with Gasteiger partial charge in [-0.2, -0.15) is 0 Å². The molecule has 23 heavy (non-hydrogen) atoms. The van der Waals surface area contributed by atoms with Gasteiger partial charge in [-0.25, -0.2) is 19.9 Å². The van der Waals surface area contributed by atoms with Gasteiger partial charge in [0.15, 0.2) is 5.65 Å². The van der Waals surface area contributed by atoms with Gasteiger partial charge in [0.05, 0.1) is 11.2 Å². The van der Waals surface area contributed by atoms with Gasteiger partial charge in [-0.15, -0.1) is 0 Å². The van der Waals surface area contributed by atoms with E-state index in [0.29, 0.717) is 6.04 Å². The molecule has 0 aliphatic heterocycles. The van der Waals surface area contributed by atoms with Crippen LogP contribution in [0.5, 0.6) is 0 Å². The van der Waals surface area contributed by atoms with E-state index < -0.39 is 0 Å². The maximum atomic E-state index is 5.62. The Bertz CT molecular complexity index is 907. The zero-order chi connectivity index (χ0) is 16.7. The molecule has 0 saturated heterocycles. The monoisotopic (exact) mass is 308 g/mol. The summed E-state index contributed by atoms with van der Waals surface area (Å²) in [7, 11) is 0. The second kappa shape index (κ2) is 5.46. The molecule has 0 bridgehead atoms. The van der Waals surface area contributed by atoms with Gasteiger partial charge in [0.2, 0.25) is 5.95 Å². The highest BCUT2D eigenvalue weighted by Gasteiger charge is 2.14. The van der Waals surface area contributed by atoms with E-state index in [9.17, 15) is 0 Å². The normalized spacial score (nSPS) is 11.3. The van der Waals surface area contributed by atoms with Gasteiger partial charge in [0.25, 0.3) is 0 Å². The fourth-order valence-electron chi connectivity index (χ4n) is 2.84. The summed E-state index contributed by atoms with van der Waals surface area (Å²) in [5.41, 5.74) is 10.8. The highest BCUT2D eigenvalue weighted by molar-refractivity contribution is 5.84.